The lowest BCUT2D eigenvalue weighted by molar-refractivity contribution is 0.610. The molecule has 0 aromatic carbocycles. The van der Waals surface area contributed by atoms with Gasteiger partial charge in [0.2, 0.25) is 0 Å². The van der Waals surface area contributed by atoms with E-state index in [1.807, 2.05) is 0 Å². The summed E-state index contributed by atoms with van der Waals surface area (Å²) in [4.78, 5) is 3.81. The minimum Gasteiger partial charge on any atom is -0.397 e. The van der Waals surface area contributed by atoms with Gasteiger partial charge in [0.25, 0.3) is 0 Å². The Morgan fingerprint density at radius 2 is 2.15 bits per heavy atom. The second kappa shape index (κ2) is 3.57. The molecule has 0 atom stereocenters. The Morgan fingerprint density at radius 3 is 2.69 bits per heavy atom. The number of hydrogen-bond donors (Lipinski definition) is 1. The van der Waals surface area contributed by atoms with Gasteiger partial charge in [-0.05, 0) is 17.7 Å². The first kappa shape index (κ1) is 9.73. The molecule has 0 radical (unpaired) electrons. The summed E-state index contributed by atoms with van der Waals surface area (Å²) in [7, 11) is -3.08. The Morgan fingerprint density at radius 1 is 1.46 bits per heavy atom. The Kier molecular flexibility index (Phi) is 2.67. The summed E-state index contributed by atoms with van der Waals surface area (Å²) in [6.45, 7) is 0. The molecule has 1 aromatic heterocycles. The number of aromatic nitrogens is 1. The molecule has 0 amide bonds. The van der Waals surface area contributed by atoms with Crippen LogP contribution in [0, 0.1) is 0 Å². The summed E-state index contributed by atoms with van der Waals surface area (Å²) in [5, 5.41) is 1.11. The van der Waals surface area contributed by atoms with E-state index in [4.69, 9.17) is 5.73 Å². The second-order valence-electron chi connectivity index (χ2n) is 2.68. The van der Waals surface area contributed by atoms with Crippen LogP contribution in [-0.2, 0) is 9.84 Å². The van der Waals surface area contributed by atoms with Crippen LogP contribution in [0.5, 0.6) is 0 Å². The first-order chi connectivity index (χ1) is 5.97. The van der Waals surface area contributed by atoms with Crippen molar-refractivity contribution in [3.8, 4) is 0 Å². The molecule has 0 unspecified atom stereocenters. The minimum absolute atomic E-state index is 0.510. The molecule has 0 aliphatic carbocycles. The molecule has 1 heterocycles. The van der Waals surface area contributed by atoms with Gasteiger partial charge < -0.3 is 5.73 Å². The monoisotopic (exact) mass is 198 g/mol. The second-order valence-corrected chi connectivity index (χ2v) is 4.62. The summed E-state index contributed by atoms with van der Waals surface area (Å²) in [6.07, 6.45) is 5.62. The van der Waals surface area contributed by atoms with Crippen LogP contribution in [0.25, 0.3) is 6.08 Å². The molecule has 0 bridgehead atoms. The normalized spacial score (nSPS) is 12.1. The van der Waals surface area contributed by atoms with Crippen LogP contribution in [-0.4, -0.2) is 19.7 Å². The van der Waals surface area contributed by atoms with Gasteiger partial charge in [-0.25, -0.2) is 8.42 Å². The van der Waals surface area contributed by atoms with E-state index in [1.165, 1.54) is 18.5 Å². The Bertz CT molecular complexity index is 424. The quantitative estimate of drug-likeness (QED) is 0.758. The third-order valence-electron chi connectivity index (χ3n) is 1.29. The maximum atomic E-state index is 10.8. The molecule has 0 fully saturated rings. The van der Waals surface area contributed by atoms with Crippen molar-refractivity contribution < 1.29 is 8.42 Å². The number of sulfone groups is 1. The lowest BCUT2D eigenvalue weighted by Crippen LogP contribution is -1.89. The van der Waals surface area contributed by atoms with E-state index < -0.39 is 9.84 Å². The van der Waals surface area contributed by atoms with Gasteiger partial charge >= 0.3 is 0 Å². The third kappa shape index (κ3) is 3.71. The molecule has 0 saturated heterocycles. The van der Waals surface area contributed by atoms with Crippen molar-refractivity contribution >= 4 is 21.6 Å². The zero-order valence-electron chi connectivity index (χ0n) is 7.14. The predicted molar refractivity (Wildman–Crippen MR) is 52.5 cm³/mol. The summed E-state index contributed by atoms with van der Waals surface area (Å²) < 4.78 is 21.5. The minimum atomic E-state index is -3.08. The molecule has 0 aliphatic rings. The largest absolute Gasteiger partial charge is 0.397 e. The highest BCUT2D eigenvalue weighted by Gasteiger charge is 1.94. The van der Waals surface area contributed by atoms with Crippen LogP contribution in [0.2, 0.25) is 0 Å². The summed E-state index contributed by atoms with van der Waals surface area (Å²) in [5.41, 5.74) is 6.63. The van der Waals surface area contributed by atoms with Crippen LogP contribution < -0.4 is 5.73 Å². The van der Waals surface area contributed by atoms with E-state index in [9.17, 15) is 8.42 Å². The fourth-order valence-electron chi connectivity index (χ4n) is 0.770. The van der Waals surface area contributed by atoms with Crippen molar-refractivity contribution in [2.45, 2.75) is 0 Å². The first-order valence-corrected chi connectivity index (χ1v) is 5.51. The highest BCUT2D eigenvalue weighted by molar-refractivity contribution is 7.93. The van der Waals surface area contributed by atoms with Crippen LogP contribution in [0.4, 0.5) is 5.69 Å². The molecular weight excluding hydrogens is 188 g/mol. The van der Waals surface area contributed by atoms with E-state index >= 15 is 0 Å². The third-order valence-corrected chi connectivity index (χ3v) is 1.92. The number of nitrogen functional groups attached to an aromatic ring is 1. The van der Waals surface area contributed by atoms with Gasteiger partial charge in [-0.3, -0.25) is 4.98 Å². The van der Waals surface area contributed by atoms with Crippen LogP contribution >= 0.6 is 0 Å². The average molecular weight is 198 g/mol. The van der Waals surface area contributed by atoms with Gasteiger partial charge in [0.1, 0.15) is 0 Å². The van der Waals surface area contributed by atoms with Crippen molar-refractivity contribution in [1.29, 1.82) is 0 Å². The van der Waals surface area contributed by atoms with E-state index in [2.05, 4.69) is 4.98 Å². The van der Waals surface area contributed by atoms with Crippen molar-refractivity contribution in [3.63, 3.8) is 0 Å². The zero-order chi connectivity index (χ0) is 9.90. The van der Waals surface area contributed by atoms with Crippen LogP contribution in [0.1, 0.15) is 5.56 Å². The Labute approximate surface area is 77.0 Å². The van der Waals surface area contributed by atoms with Crippen LogP contribution in [0.3, 0.4) is 0 Å². The van der Waals surface area contributed by atoms with Gasteiger partial charge in [-0.1, -0.05) is 0 Å². The summed E-state index contributed by atoms with van der Waals surface area (Å²) in [6, 6.07) is 1.65. The smallest absolute Gasteiger partial charge is 0.168 e. The Hall–Kier alpha value is -1.36. The zero-order valence-corrected chi connectivity index (χ0v) is 7.95. The molecule has 0 spiro atoms. The topological polar surface area (TPSA) is 73.0 Å². The van der Waals surface area contributed by atoms with Crippen molar-refractivity contribution in [3.05, 3.63) is 29.4 Å². The number of anilines is 1. The van der Waals surface area contributed by atoms with E-state index in [-0.39, 0.29) is 0 Å². The van der Waals surface area contributed by atoms with Crippen molar-refractivity contribution in [1.82, 2.24) is 4.98 Å². The SMILES string of the molecule is CS(=O)(=O)/C=C/c1cncc(N)c1. The number of nitrogens with zero attached hydrogens (tertiary/aromatic N) is 1. The number of rotatable bonds is 2. The molecule has 0 aliphatic heterocycles. The van der Waals surface area contributed by atoms with E-state index in [0.29, 0.717) is 11.3 Å². The summed E-state index contributed by atoms with van der Waals surface area (Å²) >= 11 is 0. The number of pyridine rings is 1. The van der Waals surface area contributed by atoms with Gasteiger partial charge in [-0.2, -0.15) is 0 Å². The highest BCUT2D eigenvalue weighted by Crippen LogP contribution is 2.06. The van der Waals surface area contributed by atoms with Gasteiger partial charge in [0, 0.05) is 24.1 Å². The van der Waals surface area contributed by atoms with Gasteiger partial charge in [0.05, 0.1) is 5.69 Å². The van der Waals surface area contributed by atoms with E-state index in [1.54, 1.807) is 6.07 Å². The molecule has 70 valence electrons. The highest BCUT2D eigenvalue weighted by atomic mass is 32.2. The molecule has 13 heavy (non-hydrogen) atoms. The predicted octanol–water partition coefficient (Wildman–Crippen LogP) is 0.679. The molecular formula is C8H10N2O2S. The van der Waals surface area contributed by atoms with Crippen molar-refractivity contribution in [2.24, 2.45) is 0 Å². The fraction of sp³-hybridized carbons (Fsp3) is 0.125. The number of hydrogen-bond acceptors (Lipinski definition) is 4. The van der Waals surface area contributed by atoms with E-state index in [0.717, 1.165) is 11.7 Å². The van der Waals surface area contributed by atoms with Crippen LogP contribution in [0.15, 0.2) is 23.9 Å². The van der Waals surface area contributed by atoms with Gasteiger partial charge in [0.15, 0.2) is 9.84 Å². The van der Waals surface area contributed by atoms with Crippen molar-refractivity contribution in [2.75, 3.05) is 12.0 Å². The lowest BCUT2D eigenvalue weighted by Gasteiger charge is -1.93. The molecule has 2 N–H and O–H groups in total. The average Bonchev–Trinajstić information content (AvgIpc) is 2.00. The maximum absolute atomic E-state index is 10.8. The molecule has 1 aromatic rings. The summed E-state index contributed by atoms with van der Waals surface area (Å²) in [5.74, 6) is 0. The fourth-order valence-corrected chi connectivity index (χ4v) is 1.17. The van der Waals surface area contributed by atoms with Gasteiger partial charge in [-0.15, -0.1) is 0 Å². The molecule has 5 heteroatoms. The maximum Gasteiger partial charge on any atom is 0.168 e. The first-order valence-electron chi connectivity index (χ1n) is 3.56. The Balaban J connectivity index is 2.93. The molecule has 0 saturated carbocycles. The lowest BCUT2D eigenvalue weighted by atomic mass is 10.3. The number of nitrogens with two attached hydrogens (primary N) is 1. The molecule has 1 rings (SSSR count). The standard InChI is InChI=1S/C8H10N2O2S/c1-13(11,12)3-2-7-4-8(9)6-10-5-7/h2-6H,9H2,1H3/b3-2+. The molecule has 4 nitrogen and oxygen atoms in total.